The largest absolute Gasteiger partial charge is 0.418 e. The van der Waals surface area contributed by atoms with E-state index >= 15 is 0 Å². The third-order valence-electron chi connectivity index (χ3n) is 5.70. The highest BCUT2D eigenvalue weighted by Gasteiger charge is 2.40. The average molecular weight is 438 g/mol. The first-order chi connectivity index (χ1) is 13.1. The molecule has 1 aliphatic heterocycles. The van der Waals surface area contributed by atoms with Gasteiger partial charge in [0.1, 0.15) is 0 Å². The molecule has 28 heavy (non-hydrogen) atoms. The first kappa shape index (κ1) is 21.7. The Labute approximate surface area is 168 Å². The van der Waals surface area contributed by atoms with Gasteiger partial charge in [-0.3, -0.25) is 4.90 Å². The second-order valence-corrected chi connectivity index (χ2v) is 10.3. The third-order valence-corrected chi connectivity index (χ3v) is 7.55. The number of sulfonamides is 1. The van der Waals surface area contributed by atoms with E-state index in [4.69, 9.17) is 5.14 Å². The van der Waals surface area contributed by atoms with E-state index in [9.17, 15) is 21.6 Å². The summed E-state index contributed by atoms with van der Waals surface area (Å²) in [7, 11) is -4.21. The van der Waals surface area contributed by atoms with Crippen LogP contribution in [0.25, 0.3) is 0 Å². The molecule has 0 radical (unpaired) electrons. The molecule has 1 aliphatic carbocycles. The predicted molar refractivity (Wildman–Crippen MR) is 106 cm³/mol. The smallest absolute Gasteiger partial charge is 0.383 e. The van der Waals surface area contributed by atoms with Crippen LogP contribution in [0, 0.1) is 0 Å². The van der Waals surface area contributed by atoms with E-state index in [1.165, 1.54) is 6.07 Å². The Bertz CT molecular complexity index is 788. The quantitative estimate of drug-likeness (QED) is 0.737. The van der Waals surface area contributed by atoms with Gasteiger partial charge in [0.05, 0.1) is 10.5 Å². The maximum absolute atomic E-state index is 13.5. The molecule has 2 aliphatic rings. The highest BCUT2D eigenvalue weighted by molar-refractivity contribution is 7.99. The number of anilines is 1. The van der Waals surface area contributed by atoms with Crippen molar-refractivity contribution in [2.45, 2.75) is 48.7 Å². The van der Waals surface area contributed by atoms with Gasteiger partial charge in [-0.15, -0.1) is 0 Å². The van der Waals surface area contributed by atoms with Crippen LogP contribution in [0.2, 0.25) is 0 Å². The molecular formula is C18H26F3N3O2S2. The zero-order chi connectivity index (χ0) is 20.4. The molecule has 1 saturated heterocycles. The molecule has 0 bridgehead atoms. The van der Waals surface area contributed by atoms with E-state index in [0.29, 0.717) is 12.6 Å². The highest BCUT2D eigenvalue weighted by Crippen LogP contribution is 2.39. The van der Waals surface area contributed by atoms with Crippen LogP contribution < -0.4 is 10.5 Å². The second kappa shape index (κ2) is 8.41. The lowest BCUT2D eigenvalue weighted by Crippen LogP contribution is -2.57. The zero-order valence-corrected chi connectivity index (χ0v) is 17.2. The molecule has 0 spiro atoms. The number of hydrogen-bond acceptors (Lipinski definition) is 5. The van der Waals surface area contributed by atoms with Crippen molar-refractivity contribution < 1.29 is 21.6 Å². The number of halogens is 3. The Morgan fingerprint density at radius 2 is 1.79 bits per heavy atom. The molecule has 2 fully saturated rings. The molecule has 0 atom stereocenters. The molecule has 1 aromatic rings. The van der Waals surface area contributed by atoms with Crippen molar-refractivity contribution in [1.29, 1.82) is 0 Å². The molecule has 1 saturated carbocycles. The van der Waals surface area contributed by atoms with Crippen molar-refractivity contribution in [3.63, 3.8) is 0 Å². The number of nitrogens with zero attached hydrogens (tertiary/aromatic N) is 1. The summed E-state index contributed by atoms with van der Waals surface area (Å²) in [5, 5.41) is 8.01. The van der Waals surface area contributed by atoms with E-state index in [2.05, 4.69) is 10.2 Å². The van der Waals surface area contributed by atoms with E-state index in [1.54, 1.807) is 0 Å². The molecule has 1 heterocycles. The molecule has 10 heteroatoms. The number of nitrogens with one attached hydrogen (secondary N) is 1. The van der Waals surface area contributed by atoms with Gasteiger partial charge >= 0.3 is 6.18 Å². The number of nitrogens with two attached hydrogens (primary N) is 1. The van der Waals surface area contributed by atoms with Crippen LogP contribution in [-0.2, 0) is 16.2 Å². The Morgan fingerprint density at radius 1 is 1.14 bits per heavy atom. The van der Waals surface area contributed by atoms with Gasteiger partial charge in [0.25, 0.3) is 0 Å². The van der Waals surface area contributed by atoms with Gasteiger partial charge in [-0.2, -0.15) is 24.9 Å². The van der Waals surface area contributed by atoms with Crippen molar-refractivity contribution >= 4 is 27.5 Å². The summed E-state index contributed by atoms with van der Waals surface area (Å²) in [5.41, 5.74) is -1.25. The van der Waals surface area contributed by atoms with Gasteiger partial charge in [-0.05, 0) is 31.0 Å². The number of alkyl halides is 3. The minimum atomic E-state index is -4.68. The standard InChI is InChI=1S/C18H26F3N3O2S2/c19-18(20,21)15-12-14(28(22,25)26)4-5-16(15)23-13-17(6-2-1-3-7-17)24-8-10-27-11-9-24/h4-5,12,23H,1-3,6-11,13H2,(H2,22,25,26). The minimum absolute atomic E-state index is 0.101. The third kappa shape index (κ3) is 4.95. The molecule has 0 aromatic heterocycles. The first-order valence-electron chi connectivity index (χ1n) is 9.43. The van der Waals surface area contributed by atoms with Gasteiger partial charge < -0.3 is 5.32 Å². The Kier molecular flexibility index (Phi) is 6.53. The van der Waals surface area contributed by atoms with E-state index in [0.717, 1.165) is 62.8 Å². The summed E-state index contributed by atoms with van der Waals surface area (Å²) < 4.78 is 63.6. The fourth-order valence-corrected chi connectivity index (χ4v) is 5.64. The number of hydrogen-bond donors (Lipinski definition) is 2. The van der Waals surface area contributed by atoms with E-state index in [-0.39, 0.29) is 11.2 Å². The lowest BCUT2D eigenvalue weighted by Gasteiger charge is -2.48. The van der Waals surface area contributed by atoms with Crippen LogP contribution >= 0.6 is 11.8 Å². The normalized spacial score (nSPS) is 21.4. The Morgan fingerprint density at radius 3 is 2.36 bits per heavy atom. The predicted octanol–water partition coefficient (Wildman–Crippen LogP) is 3.52. The second-order valence-electron chi connectivity index (χ2n) is 7.49. The van der Waals surface area contributed by atoms with Gasteiger partial charge in [0.15, 0.2) is 0 Å². The molecule has 5 nitrogen and oxygen atoms in total. The molecule has 0 unspecified atom stereocenters. The fraction of sp³-hybridized carbons (Fsp3) is 0.667. The fourth-order valence-electron chi connectivity index (χ4n) is 4.20. The van der Waals surface area contributed by atoms with E-state index in [1.807, 2.05) is 11.8 Å². The number of rotatable bonds is 5. The van der Waals surface area contributed by atoms with Crippen molar-refractivity contribution in [2.75, 3.05) is 36.5 Å². The maximum atomic E-state index is 13.5. The van der Waals surface area contributed by atoms with Crippen LogP contribution in [0.1, 0.15) is 37.7 Å². The topological polar surface area (TPSA) is 75.4 Å². The number of benzene rings is 1. The summed E-state index contributed by atoms with van der Waals surface area (Å²) in [6.07, 6.45) is 0.540. The van der Waals surface area contributed by atoms with Gasteiger partial charge in [0.2, 0.25) is 10.0 Å². The minimum Gasteiger partial charge on any atom is -0.383 e. The van der Waals surface area contributed by atoms with Crippen molar-refractivity contribution in [2.24, 2.45) is 5.14 Å². The Hall–Kier alpha value is -0.970. The lowest BCUT2D eigenvalue weighted by atomic mass is 9.80. The van der Waals surface area contributed by atoms with Crippen LogP contribution in [0.15, 0.2) is 23.1 Å². The zero-order valence-electron chi connectivity index (χ0n) is 15.6. The SMILES string of the molecule is NS(=O)(=O)c1ccc(NCC2(N3CCSCC3)CCCCC2)c(C(F)(F)F)c1. The van der Waals surface area contributed by atoms with Crippen LogP contribution in [0.4, 0.5) is 18.9 Å². The van der Waals surface area contributed by atoms with Gasteiger partial charge in [0, 0.05) is 42.4 Å². The van der Waals surface area contributed by atoms with Crippen LogP contribution in [-0.4, -0.2) is 50.0 Å². The Balaban J connectivity index is 1.87. The van der Waals surface area contributed by atoms with Crippen molar-refractivity contribution in [3.05, 3.63) is 23.8 Å². The molecule has 158 valence electrons. The number of primary sulfonamides is 1. The molecular weight excluding hydrogens is 411 g/mol. The van der Waals surface area contributed by atoms with Gasteiger partial charge in [-0.25, -0.2) is 13.6 Å². The molecule has 0 amide bonds. The van der Waals surface area contributed by atoms with Crippen LogP contribution in [0.5, 0.6) is 0 Å². The highest BCUT2D eigenvalue weighted by atomic mass is 32.2. The van der Waals surface area contributed by atoms with Crippen molar-refractivity contribution in [3.8, 4) is 0 Å². The lowest BCUT2D eigenvalue weighted by molar-refractivity contribution is -0.137. The summed E-state index contributed by atoms with van der Waals surface area (Å²) in [4.78, 5) is 1.90. The maximum Gasteiger partial charge on any atom is 0.418 e. The summed E-state index contributed by atoms with van der Waals surface area (Å²) >= 11 is 1.91. The molecule has 1 aromatic carbocycles. The monoisotopic (exact) mass is 437 g/mol. The molecule has 3 N–H and O–H groups in total. The summed E-state index contributed by atoms with van der Waals surface area (Å²) in [6.45, 7) is 2.31. The summed E-state index contributed by atoms with van der Waals surface area (Å²) in [6, 6.07) is 2.91. The van der Waals surface area contributed by atoms with Gasteiger partial charge in [-0.1, -0.05) is 19.3 Å². The summed E-state index contributed by atoms with van der Waals surface area (Å²) in [5.74, 6) is 2.08. The van der Waals surface area contributed by atoms with Crippen molar-refractivity contribution in [1.82, 2.24) is 4.90 Å². The molecule has 3 rings (SSSR count). The van der Waals surface area contributed by atoms with Crippen LogP contribution in [0.3, 0.4) is 0 Å². The number of thioether (sulfide) groups is 1. The average Bonchev–Trinajstić information content (AvgIpc) is 2.66. The first-order valence-corrected chi connectivity index (χ1v) is 12.1. The van der Waals surface area contributed by atoms with E-state index < -0.39 is 26.7 Å².